The topological polar surface area (TPSA) is 108 Å². The summed E-state index contributed by atoms with van der Waals surface area (Å²) in [5.41, 5.74) is 0. The lowest BCUT2D eigenvalue weighted by molar-refractivity contribution is -0.870. The standard InChI is InChI=1S/C76H126NO8P/c1-6-8-10-12-14-16-18-20-22-24-26-28-29-30-31-32-33-34-35-36-37-38-39-40-41-42-43-44-45-46-47-49-51-53-55-57-59-61-63-65-67-69-76(79)85-74(73-84-86(80,81)83-71-70-77(3,4)5)72-82-75(78)68-66-64-62-60-58-56-54-52-50-48-27-25-23-21-19-17-15-13-11-9-7-2/h8,10,14,16,19-22,25-28,30-31,33-34,36-37,39-40,42-43,45-46,49,51,74H,6-7,9,11-13,15,17-18,23-24,29,32,35,38,41,44,47-48,50,52-73H2,1-5H3/p+1/b10-8-,16-14-,21-19-,22-20-,27-25-,28-26-,31-30-,34-33-,37-36-,40-39-,43-42-,46-45-,51-49-. The average Bonchev–Trinajstić information content (AvgIpc) is 3.70. The molecule has 0 fully saturated rings. The normalized spacial score (nSPS) is 14.2. The summed E-state index contributed by atoms with van der Waals surface area (Å²) >= 11 is 0. The van der Waals surface area contributed by atoms with Gasteiger partial charge in [0, 0.05) is 12.8 Å². The molecule has 2 atom stereocenters. The maximum atomic E-state index is 12.9. The zero-order valence-electron chi connectivity index (χ0n) is 55.5. The molecule has 0 bridgehead atoms. The molecule has 0 heterocycles. The van der Waals surface area contributed by atoms with Crippen LogP contribution in [0.2, 0.25) is 0 Å². The third-order valence-electron chi connectivity index (χ3n) is 14.0. The summed E-state index contributed by atoms with van der Waals surface area (Å²) in [6.07, 6.45) is 97.6. The number of rotatable bonds is 61. The van der Waals surface area contributed by atoms with Crippen molar-refractivity contribution in [3.8, 4) is 0 Å². The smallest absolute Gasteiger partial charge is 0.462 e. The summed E-state index contributed by atoms with van der Waals surface area (Å²) in [5, 5.41) is 0. The predicted octanol–water partition coefficient (Wildman–Crippen LogP) is 22.4. The van der Waals surface area contributed by atoms with Gasteiger partial charge in [0.25, 0.3) is 0 Å². The molecule has 0 rings (SSSR count). The van der Waals surface area contributed by atoms with Crippen molar-refractivity contribution in [2.24, 2.45) is 0 Å². The van der Waals surface area contributed by atoms with Crippen LogP contribution in [0, 0.1) is 0 Å². The van der Waals surface area contributed by atoms with Gasteiger partial charge in [0.1, 0.15) is 19.8 Å². The van der Waals surface area contributed by atoms with Crippen LogP contribution in [0.1, 0.15) is 258 Å². The van der Waals surface area contributed by atoms with Gasteiger partial charge < -0.3 is 18.9 Å². The van der Waals surface area contributed by atoms with Gasteiger partial charge in [-0.3, -0.25) is 18.6 Å². The number of hydrogen-bond acceptors (Lipinski definition) is 7. The van der Waals surface area contributed by atoms with E-state index in [0.717, 1.165) is 135 Å². The van der Waals surface area contributed by atoms with E-state index >= 15 is 0 Å². The molecular formula is C76H127NO8P+. The highest BCUT2D eigenvalue weighted by molar-refractivity contribution is 7.47. The minimum atomic E-state index is -4.40. The quantitative estimate of drug-likeness (QED) is 0.0211. The number of quaternary nitrogens is 1. The molecule has 10 heteroatoms. The molecule has 2 unspecified atom stereocenters. The van der Waals surface area contributed by atoms with E-state index < -0.39 is 26.5 Å². The van der Waals surface area contributed by atoms with Gasteiger partial charge in [0.2, 0.25) is 0 Å². The van der Waals surface area contributed by atoms with E-state index in [2.05, 4.69) is 172 Å². The molecular weight excluding hydrogens is 1090 g/mol. The summed E-state index contributed by atoms with van der Waals surface area (Å²) in [7, 11) is 1.45. The van der Waals surface area contributed by atoms with Crippen LogP contribution in [0.5, 0.6) is 0 Å². The van der Waals surface area contributed by atoms with Crippen LogP contribution >= 0.6 is 7.82 Å². The zero-order valence-corrected chi connectivity index (χ0v) is 56.4. The number of nitrogens with zero attached hydrogens (tertiary/aromatic N) is 1. The second-order valence-electron chi connectivity index (χ2n) is 23.5. The van der Waals surface area contributed by atoms with Crippen molar-refractivity contribution in [1.29, 1.82) is 0 Å². The van der Waals surface area contributed by atoms with Crippen LogP contribution in [0.3, 0.4) is 0 Å². The lowest BCUT2D eigenvalue weighted by Crippen LogP contribution is -2.37. The molecule has 0 aliphatic rings. The minimum Gasteiger partial charge on any atom is -0.462 e. The summed E-state index contributed by atoms with van der Waals surface area (Å²) < 4.78 is 34.6. The number of likely N-dealkylation sites (N-methyl/N-ethyl adjacent to an activating group) is 1. The summed E-state index contributed by atoms with van der Waals surface area (Å²) in [4.78, 5) is 35.8. The van der Waals surface area contributed by atoms with E-state index in [1.165, 1.54) is 89.9 Å². The summed E-state index contributed by atoms with van der Waals surface area (Å²) in [6.45, 7) is 4.28. The molecule has 0 aliphatic heterocycles. The fourth-order valence-corrected chi connectivity index (χ4v) is 9.56. The molecule has 0 amide bonds. The first-order valence-electron chi connectivity index (χ1n) is 34.2. The number of allylic oxidation sites excluding steroid dienone is 26. The first-order chi connectivity index (χ1) is 42.0. The molecule has 0 radical (unpaired) electrons. The number of carbonyl (C=O) groups excluding carboxylic acids is 2. The highest BCUT2D eigenvalue weighted by Crippen LogP contribution is 2.43. The molecule has 0 aliphatic carbocycles. The Morgan fingerprint density at radius 2 is 0.663 bits per heavy atom. The Bertz CT molecular complexity index is 2010. The first-order valence-corrected chi connectivity index (χ1v) is 35.7. The number of esters is 2. The SMILES string of the molecule is CC/C=C\C/C=C\C/C=C\C/C=C\C/C=C\C/C=C\C/C=C\C/C=C\C/C=C\C/C=C\C/C=C\CCCCCCCCCC(=O)OC(COC(=O)CCCCCCCCCCC/C=C\C/C=C\CCCCCCC)COP(=O)(O)OCC[N+](C)(C)C. The van der Waals surface area contributed by atoms with Gasteiger partial charge in [-0.1, -0.05) is 275 Å². The van der Waals surface area contributed by atoms with Crippen molar-refractivity contribution in [2.45, 2.75) is 264 Å². The van der Waals surface area contributed by atoms with E-state index in [1.54, 1.807) is 0 Å². The van der Waals surface area contributed by atoms with Crippen molar-refractivity contribution in [2.75, 3.05) is 47.5 Å². The zero-order chi connectivity index (χ0) is 62.6. The molecule has 0 aromatic heterocycles. The average molecular weight is 1210 g/mol. The monoisotopic (exact) mass is 1210 g/mol. The third-order valence-corrected chi connectivity index (χ3v) is 15.0. The molecule has 0 aromatic rings. The van der Waals surface area contributed by atoms with Gasteiger partial charge in [-0.15, -0.1) is 0 Å². The van der Waals surface area contributed by atoms with Gasteiger partial charge in [0.15, 0.2) is 6.10 Å². The Kier molecular flexibility index (Phi) is 61.8. The Balaban J connectivity index is 4.15. The Hall–Kier alpha value is -4.37. The number of phosphoric ester groups is 1. The molecule has 86 heavy (non-hydrogen) atoms. The first kappa shape index (κ1) is 81.6. The van der Waals surface area contributed by atoms with Crippen LogP contribution in [0.15, 0.2) is 158 Å². The van der Waals surface area contributed by atoms with Crippen LogP contribution in [0.25, 0.3) is 0 Å². The van der Waals surface area contributed by atoms with Crippen LogP contribution in [0.4, 0.5) is 0 Å². The second-order valence-corrected chi connectivity index (χ2v) is 24.9. The van der Waals surface area contributed by atoms with E-state index in [-0.39, 0.29) is 32.0 Å². The number of hydrogen-bond donors (Lipinski definition) is 1. The van der Waals surface area contributed by atoms with Crippen LogP contribution in [-0.4, -0.2) is 74.9 Å². The largest absolute Gasteiger partial charge is 0.472 e. The number of phosphoric acid groups is 1. The van der Waals surface area contributed by atoms with Crippen molar-refractivity contribution in [1.82, 2.24) is 0 Å². The molecule has 0 saturated heterocycles. The Labute approximate surface area is 528 Å². The molecule has 1 N–H and O–H groups in total. The maximum absolute atomic E-state index is 12.9. The van der Waals surface area contributed by atoms with E-state index in [4.69, 9.17) is 18.5 Å². The van der Waals surface area contributed by atoms with Crippen LogP contribution < -0.4 is 0 Å². The number of unbranched alkanes of at least 4 members (excludes halogenated alkanes) is 21. The molecule has 0 spiro atoms. The molecule has 9 nitrogen and oxygen atoms in total. The van der Waals surface area contributed by atoms with E-state index in [0.29, 0.717) is 17.4 Å². The van der Waals surface area contributed by atoms with Crippen molar-refractivity contribution in [3.63, 3.8) is 0 Å². The lowest BCUT2D eigenvalue weighted by Gasteiger charge is -2.24. The van der Waals surface area contributed by atoms with E-state index in [9.17, 15) is 19.0 Å². The molecule has 0 saturated carbocycles. The van der Waals surface area contributed by atoms with Gasteiger partial charge in [-0.05, 0) is 128 Å². The van der Waals surface area contributed by atoms with Crippen LogP contribution in [-0.2, 0) is 32.7 Å². The van der Waals surface area contributed by atoms with Crippen molar-refractivity contribution < 1.29 is 42.1 Å². The van der Waals surface area contributed by atoms with Gasteiger partial charge >= 0.3 is 19.8 Å². The third kappa shape index (κ3) is 68.7. The highest BCUT2D eigenvalue weighted by Gasteiger charge is 2.27. The summed E-state index contributed by atoms with van der Waals surface area (Å²) in [5.74, 6) is -0.822. The maximum Gasteiger partial charge on any atom is 0.472 e. The van der Waals surface area contributed by atoms with Crippen molar-refractivity contribution >= 4 is 19.8 Å². The molecule has 488 valence electrons. The highest BCUT2D eigenvalue weighted by atomic mass is 31.2. The fraction of sp³-hybridized carbons (Fsp3) is 0.632. The Morgan fingerprint density at radius 3 is 0.988 bits per heavy atom. The van der Waals surface area contributed by atoms with Gasteiger partial charge in [-0.2, -0.15) is 0 Å². The van der Waals surface area contributed by atoms with E-state index in [1.807, 2.05) is 21.1 Å². The molecule has 0 aromatic carbocycles. The predicted molar refractivity (Wildman–Crippen MR) is 371 cm³/mol. The van der Waals surface area contributed by atoms with Crippen molar-refractivity contribution in [3.05, 3.63) is 158 Å². The van der Waals surface area contributed by atoms with Gasteiger partial charge in [-0.25, -0.2) is 4.57 Å². The second kappa shape index (κ2) is 65.1. The summed E-state index contributed by atoms with van der Waals surface area (Å²) in [6, 6.07) is 0. The lowest BCUT2D eigenvalue weighted by atomic mass is 10.1. The number of ether oxygens (including phenoxy) is 2. The van der Waals surface area contributed by atoms with Gasteiger partial charge in [0.05, 0.1) is 27.7 Å². The minimum absolute atomic E-state index is 0.0210. The Morgan fingerprint density at radius 1 is 0.372 bits per heavy atom. The number of carbonyl (C=O) groups is 2. The fourth-order valence-electron chi connectivity index (χ4n) is 8.82.